The van der Waals surface area contributed by atoms with Crippen LogP contribution in [0.1, 0.15) is 53.0 Å². The SMILES string of the molecule is CC(C)c1ccc(Nc2nnc(S[C@H](C)C(=O)N[C@@](C)(C#N)C(C)C)s2)cc1. The molecule has 2 N–H and O–H groups in total. The molecule has 0 aliphatic carbocycles. The summed E-state index contributed by atoms with van der Waals surface area (Å²) in [7, 11) is 0. The van der Waals surface area contributed by atoms with E-state index < -0.39 is 5.54 Å². The highest BCUT2D eigenvalue weighted by atomic mass is 32.2. The molecule has 6 nitrogen and oxygen atoms in total. The molecule has 0 bridgehead atoms. The maximum Gasteiger partial charge on any atom is 0.234 e. The van der Waals surface area contributed by atoms with Gasteiger partial charge in [0.25, 0.3) is 0 Å². The highest BCUT2D eigenvalue weighted by Crippen LogP contribution is 2.31. The lowest BCUT2D eigenvalue weighted by atomic mass is 9.90. The second-order valence-corrected chi connectivity index (χ2v) is 10.1. The average molecular weight is 418 g/mol. The molecular formula is C20H27N5OS2. The molecule has 0 fully saturated rings. The largest absolute Gasteiger partial charge is 0.337 e. The number of nitrogens with zero attached hydrogens (tertiary/aromatic N) is 3. The third kappa shape index (κ3) is 5.69. The number of hydrogen-bond acceptors (Lipinski definition) is 7. The van der Waals surface area contributed by atoms with Gasteiger partial charge in [-0.05, 0) is 43.4 Å². The summed E-state index contributed by atoms with van der Waals surface area (Å²) in [4.78, 5) is 12.5. The van der Waals surface area contributed by atoms with E-state index in [4.69, 9.17) is 0 Å². The second-order valence-electron chi connectivity index (χ2n) is 7.49. The molecule has 28 heavy (non-hydrogen) atoms. The number of hydrogen-bond donors (Lipinski definition) is 2. The van der Waals surface area contributed by atoms with Crippen LogP contribution in [-0.4, -0.2) is 26.9 Å². The maximum atomic E-state index is 12.5. The van der Waals surface area contributed by atoms with Gasteiger partial charge in [-0.2, -0.15) is 5.26 Å². The molecule has 8 heteroatoms. The van der Waals surface area contributed by atoms with E-state index in [0.717, 1.165) is 5.69 Å². The van der Waals surface area contributed by atoms with Gasteiger partial charge in [-0.25, -0.2) is 0 Å². The highest BCUT2D eigenvalue weighted by Gasteiger charge is 2.32. The van der Waals surface area contributed by atoms with Crippen LogP contribution in [0, 0.1) is 17.2 Å². The summed E-state index contributed by atoms with van der Waals surface area (Å²) >= 11 is 2.73. The summed E-state index contributed by atoms with van der Waals surface area (Å²) in [5.74, 6) is 0.319. The zero-order chi connectivity index (χ0) is 20.9. The number of rotatable bonds is 8. The summed E-state index contributed by atoms with van der Waals surface area (Å²) in [6.07, 6.45) is 0. The average Bonchev–Trinajstić information content (AvgIpc) is 3.08. The minimum absolute atomic E-state index is 0.0121. The molecule has 1 heterocycles. The minimum atomic E-state index is -0.887. The van der Waals surface area contributed by atoms with Crippen molar-refractivity contribution in [3.8, 4) is 6.07 Å². The monoisotopic (exact) mass is 417 g/mol. The van der Waals surface area contributed by atoms with E-state index in [0.29, 0.717) is 15.4 Å². The van der Waals surface area contributed by atoms with Gasteiger partial charge in [-0.15, -0.1) is 10.2 Å². The zero-order valence-corrected chi connectivity index (χ0v) is 18.7. The van der Waals surface area contributed by atoms with Crippen molar-refractivity contribution < 1.29 is 4.79 Å². The van der Waals surface area contributed by atoms with Crippen molar-refractivity contribution >= 4 is 39.8 Å². The lowest BCUT2D eigenvalue weighted by molar-refractivity contribution is -0.121. The molecule has 1 aromatic heterocycles. The Morgan fingerprint density at radius 3 is 2.36 bits per heavy atom. The quantitative estimate of drug-likeness (QED) is 0.591. The van der Waals surface area contributed by atoms with Crippen LogP contribution in [0.3, 0.4) is 0 Å². The van der Waals surface area contributed by atoms with Gasteiger partial charge in [-0.1, -0.05) is 62.9 Å². The molecule has 0 aliphatic rings. The lowest BCUT2D eigenvalue weighted by Crippen LogP contribution is -2.51. The van der Waals surface area contributed by atoms with Crippen molar-refractivity contribution in [2.45, 2.75) is 62.6 Å². The fourth-order valence-corrected chi connectivity index (χ4v) is 4.16. The molecule has 0 radical (unpaired) electrons. The van der Waals surface area contributed by atoms with E-state index in [-0.39, 0.29) is 17.1 Å². The number of benzene rings is 1. The van der Waals surface area contributed by atoms with Crippen molar-refractivity contribution in [3.05, 3.63) is 29.8 Å². The molecule has 150 valence electrons. The van der Waals surface area contributed by atoms with E-state index in [1.54, 1.807) is 13.8 Å². The smallest absolute Gasteiger partial charge is 0.234 e. The molecule has 0 saturated carbocycles. The lowest BCUT2D eigenvalue weighted by Gasteiger charge is -2.28. The van der Waals surface area contributed by atoms with Crippen molar-refractivity contribution in [2.24, 2.45) is 5.92 Å². The first-order valence-corrected chi connectivity index (χ1v) is 10.9. The Morgan fingerprint density at radius 2 is 1.82 bits per heavy atom. The van der Waals surface area contributed by atoms with Gasteiger partial charge in [0.05, 0.1) is 11.3 Å². The topological polar surface area (TPSA) is 90.7 Å². The molecule has 2 atom stereocenters. The molecule has 0 unspecified atom stereocenters. The number of anilines is 2. The second kappa shape index (κ2) is 9.39. The zero-order valence-electron chi connectivity index (χ0n) is 17.1. The van der Waals surface area contributed by atoms with Crippen molar-refractivity contribution in [1.82, 2.24) is 15.5 Å². The molecule has 1 amide bonds. The van der Waals surface area contributed by atoms with Gasteiger partial charge < -0.3 is 10.6 Å². The Bertz CT molecular complexity index is 841. The van der Waals surface area contributed by atoms with Gasteiger partial charge in [0, 0.05) is 5.69 Å². The van der Waals surface area contributed by atoms with Crippen LogP contribution < -0.4 is 10.6 Å². The van der Waals surface area contributed by atoms with E-state index in [1.807, 2.05) is 26.0 Å². The third-order valence-electron chi connectivity index (χ3n) is 4.65. The number of nitriles is 1. The normalized spacial score (nSPS) is 14.4. The van der Waals surface area contributed by atoms with E-state index in [9.17, 15) is 10.1 Å². The number of amides is 1. The van der Waals surface area contributed by atoms with Gasteiger partial charge in [0.1, 0.15) is 5.54 Å². The van der Waals surface area contributed by atoms with Crippen LogP contribution in [0.15, 0.2) is 28.6 Å². The van der Waals surface area contributed by atoms with Gasteiger partial charge >= 0.3 is 0 Å². The molecule has 1 aromatic carbocycles. The summed E-state index contributed by atoms with van der Waals surface area (Å²) in [6, 6.07) is 10.4. The molecule has 2 rings (SSSR count). The fourth-order valence-electron chi connectivity index (χ4n) is 2.25. The number of aromatic nitrogens is 2. The first-order chi connectivity index (χ1) is 13.1. The van der Waals surface area contributed by atoms with Crippen LogP contribution >= 0.6 is 23.1 Å². The minimum Gasteiger partial charge on any atom is -0.337 e. The summed E-state index contributed by atoms with van der Waals surface area (Å²) in [5, 5.41) is 24.1. The third-order valence-corrected chi connectivity index (χ3v) is 6.67. The summed E-state index contributed by atoms with van der Waals surface area (Å²) < 4.78 is 0.701. The highest BCUT2D eigenvalue weighted by molar-refractivity contribution is 8.02. The standard InChI is InChI=1S/C20H27N5OS2/c1-12(2)15-7-9-16(10-8-15)22-18-24-25-19(28-18)27-14(5)17(26)23-20(6,11-21)13(3)4/h7-10,12-14H,1-6H3,(H,22,24)(H,23,26)/t14-,20+/m1/s1. The van der Waals surface area contributed by atoms with Gasteiger partial charge in [-0.3, -0.25) is 4.79 Å². The first kappa shape index (κ1) is 22.2. The molecule has 0 spiro atoms. The summed E-state index contributed by atoms with van der Waals surface area (Å²) in [5.41, 5.74) is 1.34. The van der Waals surface area contributed by atoms with Crippen LogP contribution in [-0.2, 0) is 4.79 Å². The fraction of sp³-hybridized carbons (Fsp3) is 0.500. The molecule has 2 aromatic rings. The number of carbonyl (C=O) groups excluding carboxylic acids is 1. The van der Waals surface area contributed by atoms with Crippen LogP contribution in [0.25, 0.3) is 0 Å². The maximum absolute atomic E-state index is 12.5. The first-order valence-electron chi connectivity index (χ1n) is 9.25. The Hall–Kier alpha value is -2.11. The number of thioether (sulfide) groups is 1. The Balaban J connectivity index is 1.96. The van der Waals surface area contributed by atoms with Crippen LogP contribution in [0.2, 0.25) is 0 Å². The summed E-state index contributed by atoms with van der Waals surface area (Å²) in [6.45, 7) is 11.7. The van der Waals surface area contributed by atoms with Gasteiger partial charge in [0.15, 0.2) is 4.34 Å². The van der Waals surface area contributed by atoms with Crippen LogP contribution in [0.5, 0.6) is 0 Å². The Labute approximate surface area is 175 Å². The predicted octanol–water partition coefficient (Wildman–Crippen LogP) is 4.94. The van der Waals surface area contributed by atoms with E-state index in [1.165, 1.54) is 28.7 Å². The van der Waals surface area contributed by atoms with Crippen molar-refractivity contribution in [2.75, 3.05) is 5.32 Å². The van der Waals surface area contributed by atoms with Crippen LogP contribution in [0.4, 0.5) is 10.8 Å². The Kier molecular flexibility index (Phi) is 7.44. The van der Waals surface area contributed by atoms with E-state index in [2.05, 4.69) is 52.9 Å². The predicted molar refractivity (Wildman–Crippen MR) is 116 cm³/mol. The van der Waals surface area contributed by atoms with Crippen molar-refractivity contribution in [1.29, 1.82) is 5.26 Å². The Morgan fingerprint density at radius 1 is 1.18 bits per heavy atom. The molecule has 0 saturated heterocycles. The number of nitrogens with one attached hydrogen (secondary N) is 2. The molecule has 0 aliphatic heterocycles. The molecular weight excluding hydrogens is 390 g/mol. The van der Waals surface area contributed by atoms with Gasteiger partial charge in [0.2, 0.25) is 11.0 Å². The van der Waals surface area contributed by atoms with Crippen molar-refractivity contribution in [3.63, 3.8) is 0 Å². The van der Waals surface area contributed by atoms with E-state index >= 15 is 0 Å². The number of carbonyl (C=O) groups is 1.